The van der Waals surface area contributed by atoms with Crippen molar-refractivity contribution in [2.45, 2.75) is 63.6 Å². The van der Waals surface area contributed by atoms with Crippen LogP contribution in [0.5, 0.6) is 6.01 Å². The van der Waals surface area contributed by atoms with Gasteiger partial charge in [0.2, 0.25) is 0 Å². The predicted octanol–water partition coefficient (Wildman–Crippen LogP) is 6.27. The van der Waals surface area contributed by atoms with Gasteiger partial charge in [-0.25, -0.2) is 23.0 Å². The van der Waals surface area contributed by atoms with E-state index in [2.05, 4.69) is 20.3 Å². The van der Waals surface area contributed by atoms with Gasteiger partial charge in [0, 0.05) is 37.8 Å². The summed E-state index contributed by atoms with van der Waals surface area (Å²) in [6, 6.07) is 5.27. The summed E-state index contributed by atoms with van der Waals surface area (Å²) in [5.74, 6) is -1.37. The first kappa shape index (κ1) is 28.2. The number of alkyl halides is 1. The van der Waals surface area contributed by atoms with E-state index in [4.69, 9.17) is 9.72 Å². The molecule has 0 unspecified atom stereocenters. The fraction of sp³-hybridized carbons (Fsp3) is 0.469. The molecule has 5 heterocycles. The summed E-state index contributed by atoms with van der Waals surface area (Å²) in [5.41, 5.74) is 3.29. The highest BCUT2D eigenvalue weighted by Gasteiger charge is 2.49. The molecule has 2 aromatic heterocycles. The quantitative estimate of drug-likeness (QED) is 0.264. The maximum Gasteiger partial charge on any atom is 0.319 e. The number of pyridine rings is 1. The molecule has 0 bridgehead atoms. The molecule has 3 saturated heterocycles. The number of nitrogens with zero attached hydrogens (tertiary/aromatic N) is 5. The minimum absolute atomic E-state index is 0.0162. The lowest BCUT2D eigenvalue weighted by Crippen LogP contribution is -2.43. The Kier molecular flexibility index (Phi) is 7.33. The van der Waals surface area contributed by atoms with E-state index in [0.29, 0.717) is 53.5 Å². The van der Waals surface area contributed by atoms with Gasteiger partial charge in [-0.15, -0.1) is 0 Å². The molecule has 3 aliphatic heterocycles. The second-order valence-electron chi connectivity index (χ2n) is 11.9. The Morgan fingerprint density at radius 2 is 1.95 bits per heavy atom. The molecule has 7 rings (SSSR count). The van der Waals surface area contributed by atoms with E-state index in [0.717, 1.165) is 45.2 Å². The number of hydrogen-bond acceptors (Lipinski definition) is 7. The summed E-state index contributed by atoms with van der Waals surface area (Å²) in [5, 5.41) is 3.12. The number of aromatic nitrogens is 3. The van der Waals surface area contributed by atoms with Crippen LogP contribution in [0, 0.1) is 17.5 Å². The average Bonchev–Trinajstić information content (AvgIpc) is 3.37. The van der Waals surface area contributed by atoms with Crippen LogP contribution >= 0.6 is 0 Å². The van der Waals surface area contributed by atoms with Gasteiger partial charge in [-0.1, -0.05) is 19.4 Å². The van der Waals surface area contributed by atoms with Crippen molar-refractivity contribution >= 4 is 27.5 Å². The van der Waals surface area contributed by atoms with E-state index in [1.54, 1.807) is 6.92 Å². The second kappa shape index (κ2) is 11.2. The maximum atomic E-state index is 16.6. The molecule has 0 radical (unpaired) electrons. The van der Waals surface area contributed by atoms with Crippen LogP contribution in [-0.2, 0) is 6.42 Å². The van der Waals surface area contributed by atoms with Crippen molar-refractivity contribution in [2.75, 3.05) is 37.8 Å². The minimum Gasteiger partial charge on any atom is -0.461 e. The molecule has 11 heteroatoms. The number of ether oxygens (including phenoxy) is 1. The van der Waals surface area contributed by atoms with Crippen LogP contribution in [0.1, 0.15) is 51.0 Å². The van der Waals surface area contributed by atoms with Crippen LogP contribution in [0.3, 0.4) is 0 Å². The summed E-state index contributed by atoms with van der Waals surface area (Å²) >= 11 is 0. The van der Waals surface area contributed by atoms with Crippen LogP contribution in [0.4, 0.5) is 23.4 Å². The summed E-state index contributed by atoms with van der Waals surface area (Å²) in [6.07, 6.45) is 6.01. The van der Waals surface area contributed by atoms with E-state index in [1.165, 1.54) is 30.5 Å². The molecular weight excluding hydrogens is 560 g/mol. The van der Waals surface area contributed by atoms with E-state index < -0.39 is 29.2 Å². The zero-order chi connectivity index (χ0) is 29.7. The number of anilines is 1. The summed E-state index contributed by atoms with van der Waals surface area (Å²) < 4.78 is 66.9. The van der Waals surface area contributed by atoms with Gasteiger partial charge in [0.05, 0.1) is 10.9 Å². The topological polar surface area (TPSA) is 66.4 Å². The molecule has 4 aromatic rings. The van der Waals surface area contributed by atoms with Crippen LogP contribution in [0.15, 0.2) is 30.5 Å². The molecule has 1 N–H and O–H groups in total. The highest BCUT2D eigenvalue weighted by Crippen LogP contribution is 2.41. The second-order valence-corrected chi connectivity index (χ2v) is 11.9. The molecule has 0 spiro atoms. The molecule has 43 heavy (non-hydrogen) atoms. The fourth-order valence-electron chi connectivity index (χ4n) is 7.18. The van der Waals surface area contributed by atoms with E-state index in [1.807, 2.05) is 5.01 Å². The van der Waals surface area contributed by atoms with Crippen LogP contribution in [0.2, 0.25) is 0 Å². The first-order valence-corrected chi connectivity index (χ1v) is 15.2. The Morgan fingerprint density at radius 3 is 2.81 bits per heavy atom. The highest BCUT2D eigenvalue weighted by atomic mass is 19.1. The third-order valence-corrected chi connectivity index (χ3v) is 9.23. The third-order valence-electron chi connectivity index (χ3n) is 9.23. The van der Waals surface area contributed by atoms with Crippen LogP contribution < -0.4 is 15.2 Å². The molecule has 2 aromatic carbocycles. The normalized spacial score (nSPS) is 22.8. The maximum absolute atomic E-state index is 16.6. The molecule has 0 amide bonds. The molecule has 226 valence electrons. The number of benzene rings is 2. The molecular formula is C32H34F4N6O. The Bertz CT molecular complexity index is 1690. The number of aryl methyl sites for hydroxylation is 1. The first-order chi connectivity index (χ1) is 20.9. The van der Waals surface area contributed by atoms with Gasteiger partial charge < -0.3 is 4.74 Å². The Morgan fingerprint density at radius 1 is 1.07 bits per heavy atom. The van der Waals surface area contributed by atoms with Crippen LogP contribution in [-0.4, -0.2) is 64.3 Å². The lowest BCUT2D eigenvalue weighted by Gasteiger charge is -2.31. The van der Waals surface area contributed by atoms with Gasteiger partial charge in [-0.2, -0.15) is 9.97 Å². The zero-order valence-corrected chi connectivity index (χ0v) is 24.1. The lowest BCUT2D eigenvalue weighted by molar-refractivity contribution is 0.107. The number of hydrogen-bond donors (Lipinski definition) is 1. The summed E-state index contributed by atoms with van der Waals surface area (Å²) in [6.45, 7) is 4.56. The van der Waals surface area contributed by atoms with Gasteiger partial charge in [0.1, 0.15) is 35.6 Å². The summed E-state index contributed by atoms with van der Waals surface area (Å²) in [7, 11) is 0. The van der Waals surface area contributed by atoms with Crippen LogP contribution in [0.25, 0.3) is 32.9 Å². The molecule has 0 saturated carbocycles. The van der Waals surface area contributed by atoms with E-state index in [-0.39, 0.29) is 29.4 Å². The number of hydrazine groups is 1. The molecule has 7 nitrogen and oxygen atoms in total. The summed E-state index contributed by atoms with van der Waals surface area (Å²) in [4.78, 5) is 15.8. The molecule has 0 aliphatic carbocycles. The largest absolute Gasteiger partial charge is 0.461 e. The van der Waals surface area contributed by atoms with Crippen molar-refractivity contribution in [3.8, 4) is 17.3 Å². The average molecular weight is 595 g/mol. The molecule has 3 aliphatic rings. The predicted molar refractivity (Wildman–Crippen MR) is 157 cm³/mol. The van der Waals surface area contributed by atoms with Gasteiger partial charge in [0.25, 0.3) is 0 Å². The standard InChI is InChI=1S/C32H34F4N6O/c1-2-22-25(35)8-7-19-13-20(33)14-23(26(19)22)28-27(36)29-24(16-37-28)30(42-12-5-3-4-10-38-42)40-31(39-29)43-18-32-9-6-11-41(32)17-21(34)15-32/h7-8,13-14,16,21,38H,2-6,9-12,15,17-18H2,1H3/t21-,32+/m1/s1. The third kappa shape index (κ3) is 4.96. The molecule has 3 fully saturated rings. The van der Waals surface area contributed by atoms with Crippen molar-refractivity contribution in [3.05, 3.63) is 53.5 Å². The monoisotopic (exact) mass is 594 g/mol. The van der Waals surface area contributed by atoms with Crippen molar-refractivity contribution < 1.29 is 22.3 Å². The Hall–Kier alpha value is -3.57. The highest BCUT2D eigenvalue weighted by molar-refractivity contribution is 6.01. The number of halogens is 4. The number of rotatable bonds is 6. The minimum atomic E-state index is -0.914. The smallest absolute Gasteiger partial charge is 0.319 e. The zero-order valence-electron chi connectivity index (χ0n) is 24.1. The molecule has 2 atom stereocenters. The lowest BCUT2D eigenvalue weighted by atomic mass is 9.94. The van der Waals surface area contributed by atoms with Crippen molar-refractivity contribution in [3.63, 3.8) is 0 Å². The SMILES string of the molecule is CCc1c(F)ccc2cc(F)cc(-c3ncc4c(N5CCCCCN5)nc(OC[C@@]56CCCN5C[C@H](F)C6)nc4c3F)c12. The van der Waals surface area contributed by atoms with Gasteiger partial charge in [-0.05, 0) is 73.2 Å². The van der Waals surface area contributed by atoms with Gasteiger partial charge >= 0.3 is 6.01 Å². The van der Waals surface area contributed by atoms with E-state index >= 15 is 4.39 Å². The first-order valence-electron chi connectivity index (χ1n) is 15.2. The van der Waals surface area contributed by atoms with Gasteiger partial charge in [0.15, 0.2) is 11.6 Å². The van der Waals surface area contributed by atoms with Crippen molar-refractivity contribution in [1.29, 1.82) is 0 Å². The van der Waals surface area contributed by atoms with Crippen molar-refractivity contribution in [2.24, 2.45) is 0 Å². The fourth-order valence-corrected chi connectivity index (χ4v) is 7.18. The number of nitrogens with one attached hydrogen (secondary N) is 1. The van der Waals surface area contributed by atoms with Crippen molar-refractivity contribution in [1.82, 2.24) is 25.3 Å². The Balaban J connectivity index is 1.37. The van der Waals surface area contributed by atoms with E-state index in [9.17, 15) is 13.2 Å². The van der Waals surface area contributed by atoms with Gasteiger partial charge in [-0.3, -0.25) is 14.9 Å². The number of fused-ring (bicyclic) bond motifs is 3. The Labute approximate surface area is 247 Å².